The Kier molecular flexibility index (Phi) is 4.40. The molecule has 1 unspecified atom stereocenters. The average Bonchev–Trinajstić information content (AvgIpc) is 2.42. The number of hydrogen-bond acceptors (Lipinski definition) is 3. The van der Waals surface area contributed by atoms with E-state index in [4.69, 9.17) is 0 Å². The fourth-order valence-electron chi connectivity index (χ4n) is 2.01. The molecule has 1 atom stereocenters. The van der Waals surface area contributed by atoms with E-state index in [2.05, 4.69) is 10.3 Å². The summed E-state index contributed by atoms with van der Waals surface area (Å²) in [6.07, 6.45) is 1.43. The van der Waals surface area contributed by atoms with Gasteiger partial charge in [0.15, 0.2) is 0 Å². The molecule has 0 fully saturated rings. The van der Waals surface area contributed by atoms with Gasteiger partial charge in [-0.1, -0.05) is 25.5 Å². The third-order valence-electron chi connectivity index (χ3n) is 3.68. The van der Waals surface area contributed by atoms with Crippen LogP contribution in [0.1, 0.15) is 26.3 Å². The number of rotatable bonds is 4. The van der Waals surface area contributed by atoms with Crippen LogP contribution in [0.5, 0.6) is 0 Å². The lowest BCUT2D eigenvalue weighted by Crippen LogP contribution is -2.39. The Labute approximate surface area is 124 Å². The summed E-state index contributed by atoms with van der Waals surface area (Å²) < 4.78 is 1.35. The number of hydrogen-bond donors (Lipinski definition) is 1. The molecule has 1 heterocycles. The molecular weight excluding hydrogens is 266 g/mol. The molecule has 0 aliphatic rings. The Morgan fingerprint density at radius 3 is 2.71 bits per heavy atom. The van der Waals surface area contributed by atoms with Crippen LogP contribution in [-0.4, -0.2) is 21.5 Å². The first-order chi connectivity index (χ1) is 9.88. The molecule has 0 aliphatic heterocycles. The molecule has 0 saturated heterocycles. The number of amides is 1. The van der Waals surface area contributed by atoms with Gasteiger partial charge in [-0.3, -0.25) is 14.2 Å². The first kappa shape index (κ1) is 15.2. The summed E-state index contributed by atoms with van der Waals surface area (Å²) in [6.45, 7) is 7.95. The molecule has 1 amide bonds. The smallest absolute Gasteiger partial charge is 0.261 e. The van der Waals surface area contributed by atoms with Gasteiger partial charge < -0.3 is 5.32 Å². The molecule has 0 bridgehead atoms. The highest BCUT2D eigenvalue weighted by Crippen LogP contribution is 2.08. The van der Waals surface area contributed by atoms with Crippen molar-refractivity contribution in [3.05, 3.63) is 40.4 Å². The molecule has 112 valence electrons. The van der Waals surface area contributed by atoms with Gasteiger partial charge in [0.05, 0.1) is 17.2 Å². The predicted octanol–water partition coefficient (Wildman–Crippen LogP) is 1.87. The van der Waals surface area contributed by atoms with Gasteiger partial charge in [-0.2, -0.15) is 0 Å². The normalized spacial score (nSPS) is 12.6. The van der Waals surface area contributed by atoms with Crippen molar-refractivity contribution in [2.24, 2.45) is 5.92 Å². The Hall–Kier alpha value is -2.17. The van der Waals surface area contributed by atoms with Crippen molar-refractivity contribution in [1.29, 1.82) is 0 Å². The summed E-state index contributed by atoms with van der Waals surface area (Å²) in [4.78, 5) is 28.6. The van der Waals surface area contributed by atoms with Crippen molar-refractivity contribution in [3.8, 4) is 0 Å². The topological polar surface area (TPSA) is 64.0 Å². The van der Waals surface area contributed by atoms with Crippen LogP contribution in [0.3, 0.4) is 0 Å². The summed E-state index contributed by atoms with van der Waals surface area (Å²) in [5.41, 5.74) is 1.46. The molecule has 5 nitrogen and oxygen atoms in total. The minimum absolute atomic E-state index is 0.00717. The Bertz CT molecular complexity index is 719. The van der Waals surface area contributed by atoms with Crippen LogP contribution in [0, 0.1) is 12.8 Å². The minimum Gasteiger partial charge on any atom is -0.352 e. The lowest BCUT2D eigenvalue weighted by molar-refractivity contribution is -0.122. The first-order valence-corrected chi connectivity index (χ1v) is 7.13. The van der Waals surface area contributed by atoms with Crippen molar-refractivity contribution >= 4 is 16.8 Å². The maximum atomic E-state index is 12.4. The van der Waals surface area contributed by atoms with Crippen LogP contribution in [-0.2, 0) is 11.3 Å². The first-order valence-electron chi connectivity index (χ1n) is 7.13. The second-order valence-electron chi connectivity index (χ2n) is 5.80. The number of nitrogens with zero attached hydrogens (tertiary/aromatic N) is 2. The van der Waals surface area contributed by atoms with Crippen molar-refractivity contribution < 1.29 is 4.79 Å². The highest BCUT2D eigenvalue weighted by atomic mass is 16.2. The summed E-state index contributed by atoms with van der Waals surface area (Å²) >= 11 is 0. The Morgan fingerprint density at radius 1 is 1.33 bits per heavy atom. The third kappa shape index (κ3) is 3.48. The molecule has 1 aromatic heterocycles. The van der Waals surface area contributed by atoms with Gasteiger partial charge >= 0.3 is 0 Å². The van der Waals surface area contributed by atoms with Crippen molar-refractivity contribution in [3.63, 3.8) is 0 Å². The van der Waals surface area contributed by atoms with E-state index in [9.17, 15) is 9.59 Å². The Morgan fingerprint density at radius 2 is 2.05 bits per heavy atom. The van der Waals surface area contributed by atoms with Gasteiger partial charge in [-0.05, 0) is 31.9 Å². The van der Waals surface area contributed by atoms with E-state index in [0.29, 0.717) is 16.8 Å². The third-order valence-corrected chi connectivity index (χ3v) is 3.68. The molecule has 1 aromatic carbocycles. The molecule has 0 radical (unpaired) electrons. The van der Waals surface area contributed by atoms with E-state index in [1.165, 1.54) is 10.9 Å². The zero-order valence-electron chi connectivity index (χ0n) is 12.9. The zero-order chi connectivity index (χ0) is 15.6. The largest absolute Gasteiger partial charge is 0.352 e. The van der Waals surface area contributed by atoms with Crippen molar-refractivity contribution in [2.45, 2.75) is 40.3 Å². The average molecular weight is 287 g/mol. The molecule has 2 rings (SSSR count). The summed E-state index contributed by atoms with van der Waals surface area (Å²) in [7, 11) is 0. The van der Waals surface area contributed by atoms with Gasteiger partial charge in [0, 0.05) is 6.04 Å². The maximum Gasteiger partial charge on any atom is 0.261 e. The minimum atomic E-state index is -0.184. The quantitative estimate of drug-likeness (QED) is 0.933. The lowest BCUT2D eigenvalue weighted by atomic mass is 10.1. The lowest BCUT2D eigenvalue weighted by Gasteiger charge is -2.17. The van der Waals surface area contributed by atoms with Crippen LogP contribution in [0.15, 0.2) is 29.3 Å². The molecule has 21 heavy (non-hydrogen) atoms. The van der Waals surface area contributed by atoms with Gasteiger partial charge in [-0.25, -0.2) is 4.98 Å². The van der Waals surface area contributed by atoms with E-state index in [1.807, 2.05) is 39.8 Å². The zero-order valence-corrected chi connectivity index (χ0v) is 12.9. The number of nitrogens with one attached hydrogen (secondary N) is 1. The van der Waals surface area contributed by atoms with Crippen molar-refractivity contribution in [1.82, 2.24) is 14.9 Å². The van der Waals surface area contributed by atoms with E-state index in [1.54, 1.807) is 6.07 Å². The highest BCUT2D eigenvalue weighted by Gasteiger charge is 2.12. The SMILES string of the molecule is Cc1ccc2ncn(CC(=O)NC(C)C(C)C)c(=O)c2c1. The summed E-state index contributed by atoms with van der Waals surface area (Å²) in [5, 5.41) is 3.43. The number of aryl methyl sites for hydroxylation is 1. The van der Waals surface area contributed by atoms with E-state index in [-0.39, 0.29) is 24.1 Å². The predicted molar refractivity (Wildman–Crippen MR) is 83.2 cm³/mol. The van der Waals surface area contributed by atoms with Crippen LogP contribution < -0.4 is 10.9 Å². The fourth-order valence-corrected chi connectivity index (χ4v) is 2.01. The number of aromatic nitrogens is 2. The van der Waals surface area contributed by atoms with Gasteiger partial charge in [0.25, 0.3) is 5.56 Å². The molecule has 2 aromatic rings. The standard InChI is InChI=1S/C16H21N3O2/c1-10(2)12(4)18-15(20)8-19-9-17-14-6-5-11(3)7-13(14)16(19)21/h5-7,9-10,12H,8H2,1-4H3,(H,18,20). The molecule has 5 heteroatoms. The van der Waals surface area contributed by atoms with E-state index < -0.39 is 0 Å². The van der Waals surface area contributed by atoms with Gasteiger partial charge in [0.2, 0.25) is 5.91 Å². The number of fused-ring (bicyclic) bond motifs is 1. The summed E-state index contributed by atoms with van der Waals surface area (Å²) in [5.74, 6) is 0.176. The fraction of sp³-hybridized carbons (Fsp3) is 0.438. The van der Waals surface area contributed by atoms with Gasteiger partial charge in [0.1, 0.15) is 6.54 Å². The van der Waals surface area contributed by atoms with Crippen LogP contribution >= 0.6 is 0 Å². The van der Waals surface area contributed by atoms with Crippen LogP contribution in [0.2, 0.25) is 0 Å². The Balaban J connectivity index is 2.25. The second-order valence-corrected chi connectivity index (χ2v) is 5.80. The monoisotopic (exact) mass is 287 g/mol. The second kappa shape index (κ2) is 6.08. The van der Waals surface area contributed by atoms with E-state index in [0.717, 1.165) is 5.56 Å². The molecule has 1 N–H and O–H groups in total. The van der Waals surface area contributed by atoms with Crippen LogP contribution in [0.25, 0.3) is 10.9 Å². The molecule has 0 saturated carbocycles. The summed E-state index contributed by atoms with van der Waals surface area (Å²) in [6, 6.07) is 5.60. The number of benzene rings is 1. The number of carbonyl (C=O) groups excluding carboxylic acids is 1. The maximum absolute atomic E-state index is 12.4. The molecule has 0 spiro atoms. The van der Waals surface area contributed by atoms with Gasteiger partial charge in [-0.15, -0.1) is 0 Å². The number of carbonyl (C=O) groups is 1. The molecular formula is C16H21N3O2. The van der Waals surface area contributed by atoms with E-state index >= 15 is 0 Å². The van der Waals surface area contributed by atoms with Crippen LogP contribution in [0.4, 0.5) is 0 Å². The highest BCUT2D eigenvalue weighted by molar-refractivity contribution is 5.79. The van der Waals surface area contributed by atoms with Crippen molar-refractivity contribution in [2.75, 3.05) is 0 Å². The molecule has 0 aliphatic carbocycles.